The van der Waals surface area contributed by atoms with Gasteiger partial charge in [0.25, 0.3) is 5.56 Å². The van der Waals surface area contributed by atoms with Crippen LogP contribution in [0.15, 0.2) is 34.0 Å². The first kappa shape index (κ1) is 11.5. The largest absolute Gasteiger partial charge is 0.268 e. The maximum Gasteiger partial charge on any atom is 0.267 e. The highest BCUT2D eigenvalue weighted by Crippen LogP contribution is 2.46. The number of hydrogen-bond acceptors (Lipinski definition) is 3. The van der Waals surface area contributed by atoms with Gasteiger partial charge in [-0.3, -0.25) is 4.79 Å². The molecule has 2 heterocycles. The molecule has 0 amide bonds. The van der Waals surface area contributed by atoms with Crippen LogP contribution in [0.1, 0.15) is 29.2 Å². The lowest BCUT2D eigenvalue weighted by atomic mass is 9.89. The second kappa shape index (κ2) is 4.08. The summed E-state index contributed by atoms with van der Waals surface area (Å²) in [6.45, 7) is 0. The number of hydrogen-bond donors (Lipinski definition) is 1. The van der Waals surface area contributed by atoms with Crippen LogP contribution in [0.3, 0.4) is 0 Å². The molecule has 0 spiro atoms. The van der Waals surface area contributed by atoms with Crippen LogP contribution in [-0.4, -0.2) is 10.2 Å². The molecule has 96 valence electrons. The summed E-state index contributed by atoms with van der Waals surface area (Å²) in [4.78, 5) is 13.2. The van der Waals surface area contributed by atoms with Crippen molar-refractivity contribution in [2.45, 2.75) is 29.4 Å². The van der Waals surface area contributed by atoms with Gasteiger partial charge >= 0.3 is 0 Å². The Kier molecular flexibility index (Phi) is 2.47. The predicted octanol–water partition coefficient (Wildman–Crippen LogP) is 2.27. The number of aromatic amines is 1. The zero-order chi connectivity index (χ0) is 13.0. The zero-order valence-electron chi connectivity index (χ0n) is 10.2. The molecule has 0 saturated heterocycles. The first-order chi connectivity index (χ1) is 9.27. The van der Waals surface area contributed by atoms with Gasteiger partial charge in [-0.1, -0.05) is 27.7 Å². The summed E-state index contributed by atoms with van der Waals surface area (Å²) in [5.74, 6) is 0. The van der Waals surface area contributed by atoms with Crippen molar-refractivity contribution in [1.29, 1.82) is 0 Å². The smallest absolute Gasteiger partial charge is 0.267 e. The van der Waals surface area contributed by atoms with Crippen molar-refractivity contribution in [2.24, 2.45) is 0 Å². The molecule has 2 atom stereocenters. The minimum absolute atomic E-state index is 0.0326. The SMILES string of the molecule is O=c1[nH]nc2c3c1CCCC3S(=S)c1ccccc1-2. The van der Waals surface area contributed by atoms with E-state index in [1.165, 1.54) is 4.90 Å². The topological polar surface area (TPSA) is 45.8 Å². The fourth-order valence-corrected chi connectivity index (χ4v) is 5.88. The van der Waals surface area contributed by atoms with Crippen molar-refractivity contribution < 1.29 is 0 Å². The Bertz CT molecular complexity index is 766. The van der Waals surface area contributed by atoms with Gasteiger partial charge in [0.15, 0.2) is 0 Å². The van der Waals surface area contributed by atoms with Gasteiger partial charge in [0.1, 0.15) is 0 Å². The highest BCUT2D eigenvalue weighted by Gasteiger charge is 2.34. The molecule has 19 heavy (non-hydrogen) atoms. The third-order valence-corrected chi connectivity index (χ3v) is 6.97. The number of H-pyrrole nitrogens is 1. The van der Waals surface area contributed by atoms with Crippen molar-refractivity contribution >= 4 is 20.6 Å². The predicted molar refractivity (Wildman–Crippen MR) is 79.0 cm³/mol. The molecule has 1 aromatic carbocycles. The molecule has 1 N–H and O–H groups in total. The number of rotatable bonds is 0. The molecule has 1 aromatic heterocycles. The second-order valence-electron chi connectivity index (χ2n) is 4.97. The van der Waals surface area contributed by atoms with Gasteiger partial charge in [-0.15, -0.1) is 0 Å². The van der Waals surface area contributed by atoms with E-state index in [1.54, 1.807) is 0 Å². The number of benzene rings is 1. The van der Waals surface area contributed by atoms with E-state index in [0.29, 0.717) is 5.25 Å². The van der Waals surface area contributed by atoms with Crippen LogP contribution in [0.25, 0.3) is 11.3 Å². The Labute approximate surface area is 117 Å². The number of nitrogens with one attached hydrogen (secondary N) is 1. The van der Waals surface area contributed by atoms with Crippen molar-refractivity contribution in [3.63, 3.8) is 0 Å². The molecule has 0 radical (unpaired) electrons. The molecule has 0 saturated carbocycles. The molecule has 2 aromatic rings. The molecule has 2 aliphatic rings. The van der Waals surface area contributed by atoms with Crippen LogP contribution in [0.2, 0.25) is 0 Å². The molecule has 1 aliphatic carbocycles. The van der Waals surface area contributed by atoms with E-state index >= 15 is 0 Å². The minimum Gasteiger partial charge on any atom is -0.268 e. The quantitative estimate of drug-likeness (QED) is 0.809. The monoisotopic (exact) mass is 288 g/mol. The normalized spacial score (nSPS) is 23.6. The molecule has 0 fully saturated rings. The highest BCUT2D eigenvalue weighted by atomic mass is 32.8. The molecular formula is C14H12N2OS2. The van der Waals surface area contributed by atoms with Gasteiger partial charge in [-0.05, 0) is 36.5 Å². The van der Waals surface area contributed by atoms with E-state index in [0.717, 1.165) is 41.6 Å². The Balaban J connectivity index is 2.14. The molecule has 5 heteroatoms. The van der Waals surface area contributed by atoms with Crippen LogP contribution in [-0.2, 0) is 27.1 Å². The van der Waals surface area contributed by atoms with E-state index in [2.05, 4.69) is 22.3 Å². The lowest BCUT2D eigenvalue weighted by molar-refractivity contribution is 0.654. The van der Waals surface area contributed by atoms with E-state index < -0.39 is 0 Å². The maximum atomic E-state index is 12.0. The third kappa shape index (κ3) is 1.51. The maximum absolute atomic E-state index is 12.0. The Morgan fingerprint density at radius 1 is 1.37 bits per heavy atom. The van der Waals surface area contributed by atoms with E-state index in [1.807, 2.05) is 12.1 Å². The summed E-state index contributed by atoms with van der Waals surface area (Å²) in [7, 11) is -0.241. The van der Waals surface area contributed by atoms with Crippen molar-refractivity contribution in [3.05, 3.63) is 45.7 Å². The first-order valence-corrected chi connectivity index (χ1v) is 8.60. The standard InChI is InChI=1S/C14H12N2OS2/c17-14-9-5-3-7-11-12(9)13(15-16-14)8-4-1-2-6-10(8)19(11)18/h1-2,4,6,11H,3,5,7H2,(H,16,17). The fourth-order valence-electron chi connectivity index (χ4n) is 3.11. The second-order valence-corrected chi connectivity index (χ2v) is 7.65. The highest BCUT2D eigenvalue weighted by molar-refractivity contribution is 8.29. The number of nitrogens with zero attached hydrogens (tertiary/aromatic N) is 1. The summed E-state index contributed by atoms with van der Waals surface area (Å²) in [5, 5.41) is 7.26. The Morgan fingerprint density at radius 3 is 3.11 bits per heavy atom. The summed E-state index contributed by atoms with van der Waals surface area (Å²) >= 11 is 5.77. The first-order valence-electron chi connectivity index (χ1n) is 6.39. The third-order valence-electron chi connectivity index (χ3n) is 3.96. The van der Waals surface area contributed by atoms with Crippen LogP contribution in [0, 0.1) is 0 Å². The average Bonchev–Trinajstić information content (AvgIpc) is 2.46. The molecule has 0 bridgehead atoms. The number of aromatic nitrogens is 2. The fraction of sp³-hybridized carbons (Fsp3) is 0.286. The van der Waals surface area contributed by atoms with Crippen LogP contribution < -0.4 is 5.56 Å². The summed E-state index contributed by atoms with van der Waals surface area (Å²) < 4.78 is 0. The van der Waals surface area contributed by atoms with E-state index in [-0.39, 0.29) is 15.0 Å². The van der Waals surface area contributed by atoms with Gasteiger partial charge in [-0.2, -0.15) is 5.10 Å². The lowest BCUT2D eigenvalue weighted by Gasteiger charge is -2.32. The van der Waals surface area contributed by atoms with Gasteiger partial charge in [0.2, 0.25) is 0 Å². The summed E-state index contributed by atoms with van der Waals surface area (Å²) in [6, 6.07) is 8.21. The minimum atomic E-state index is -0.241. The zero-order valence-corrected chi connectivity index (χ0v) is 11.8. The molecular weight excluding hydrogens is 276 g/mol. The van der Waals surface area contributed by atoms with Crippen molar-refractivity contribution in [1.82, 2.24) is 10.2 Å². The van der Waals surface area contributed by atoms with Gasteiger partial charge in [0, 0.05) is 26.8 Å². The van der Waals surface area contributed by atoms with E-state index in [9.17, 15) is 4.79 Å². The van der Waals surface area contributed by atoms with Gasteiger partial charge in [0.05, 0.1) is 5.69 Å². The lowest BCUT2D eigenvalue weighted by Crippen LogP contribution is -2.28. The van der Waals surface area contributed by atoms with Crippen LogP contribution in [0.4, 0.5) is 0 Å². The van der Waals surface area contributed by atoms with Crippen LogP contribution >= 0.6 is 0 Å². The summed E-state index contributed by atoms with van der Waals surface area (Å²) in [6.07, 6.45) is 2.98. The van der Waals surface area contributed by atoms with Crippen molar-refractivity contribution in [3.8, 4) is 11.3 Å². The Hall–Kier alpha value is -1.33. The molecule has 3 nitrogen and oxygen atoms in total. The molecule has 4 rings (SSSR count). The van der Waals surface area contributed by atoms with Gasteiger partial charge < -0.3 is 0 Å². The number of fused-ring (bicyclic) bond motifs is 2. The van der Waals surface area contributed by atoms with Gasteiger partial charge in [-0.25, -0.2) is 5.10 Å². The summed E-state index contributed by atoms with van der Waals surface area (Å²) in [5.41, 5.74) is 4.06. The van der Waals surface area contributed by atoms with E-state index in [4.69, 9.17) is 11.2 Å². The van der Waals surface area contributed by atoms with Crippen molar-refractivity contribution in [2.75, 3.05) is 0 Å². The molecule has 2 unspecified atom stereocenters. The van der Waals surface area contributed by atoms with Crippen LogP contribution in [0.5, 0.6) is 0 Å². The Morgan fingerprint density at radius 2 is 2.21 bits per heavy atom. The molecule has 1 aliphatic heterocycles. The average molecular weight is 288 g/mol.